The van der Waals surface area contributed by atoms with Gasteiger partial charge in [-0.05, 0) is 49.1 Å². The molecule has 1 amide bonds. The van der Waals surface area contributed by atoms with Crippen LogP contribution in [-0.4, -0.2) is 23.9 Å². The third kappa shape index (κ3) is 4.45. The molecular formula is C22H27N3O3S. The topological polar surface area (TPSA) is 75.5 Å². The van der Waals surface area contributed by atoms with Crippen LogP contribution in [-0.2, 0) is 4.79 Å². The van der Waals surface area contributed by atoms with E-state index in [4.69, 9.17) is 0 Å². The van der Waals surface area contributed by atoms with Gasteiger partial charge in [-0.3, -0.25) is 14.9 Å². The van der Waals surface area contributed by atoms with Crippen LogP contribution in [0.2, 0.25) is 0 Å². The number of rotatable bonds is 6. The van der Waals surface area contributed by atoms with Gasteiger partial charge in [0.05, 0.1) is 11.0 Å². The van der Waals surface area contributed by atoms with Crippen LogP contribution < -0.4 is 10.2 Å². The number of hydrogen-bond acceptors (Lipinski definition) is 5. The minimum absolute atomic E-state index is 0.0297. The van der Waals surface area contributed by atoms with Gasteiger partial charge < -0.3 is 10.2 Å². The minimum Gasteiger partial charge on any atom is -0.366 e. The molecule has 1 unspecified atom stereocenters. The van der Waals surface area contributed by atoms with Gasteiger partial charge in [0, 0.05) is 30.0 Å². The van der Waals surface area contributed by atoms with E-state index in [0.717, 1.165) is 12.8 Å². The summed E-state index contributed by atoms with van der Waals surface area (Å²) in [6.45, 7) is 1.33. The van der Waals surface area contributed by atoms with Crippen molar-refractivity contribution in [2.24, 2.45) is 11.8 Å². The van der Waals surface area contributed by atoms with Crippen LogP contribution in [0, 0.1) is 22.0 Å². The van der Waals surface area contributed by atoms with E-state index in [9.17, 15) is 14.9 Å². The van der Waals surface area contributed by atoms with Gasteiger partial charge in [0.25, 0.3) is 5.69 Å². The number of amides is 1. The Balaban J connectivity index is 1.39. The summed E-state index contributed by atoms with van der Waals surface area (Å²) in [5.74, 6) is 0.639. The Kier molecular flexibility index (Phi) is 6.13. The summed E-state index contributed by atoms with van der Waals surface area (Å²) >= 11 is 1.72. The lowest BCUT2D eigenvalue weighted by molar-refractivity contribution is -0.384. The molecule has 0 bridgehead atoms. The van der Waals surface area contributed by atoms with Crippen molar-refractivity contribution >= 4 is 28.6 Å². The van der Waals surface area contributed by atoms with Crippen molar-refractivity contribution in [3.05, 3.63) is 56.8 Å². The smallest absolute Gasteiger partial charge is 0.292 e. The quantitative estimate of drug-likeness (QED) is 0.539. The van der Waals surface area contributed by atoms with Gasteiger partial charge in [-0.1, -0.05) is 31.0 Å². The molecule has 2 aliphatic rings. The van der Waals surface area contributed by atoms with Crippen molar-refractivity contribution < 1.29 is 9.72 Å². The van der Waals surface area contributed by atoms with Gasteiger partial charge in [0.1, 0.15) is 5.69 Å². The molecule has 6 nitrogen and oxygen atoms in total. The molecule has 2 heterocycles. The second-order valence-corrected chi connectivity index (χ2v) is 9.03. The van der Waals surface area contributed by atoms with E-state index in [2.05, 4.69) is 22.8 Å². The van der Waals surface area contributed by atoms with Crippen LogP contribution in [0.5, 0.6) is 0 Å². The Morgan fingerprint density at radius 3 is 2.48 bits per heavy atom. The molecule has 1 aromatic heterocycles. The van der Waals surface area contributed by atoms with E-state index in [1.165, 1.54) is 30.6 Å². The average Bonchev–Trinajstić information content (AvgIpc) is 3.46. The molecule has 1 aliphatic heterocycles. The number of nitrogens with one attached hydrogen (secondary N) is 1. The number of nitrogens with zero attached hydrogens (tertiary/aromatic N) is 2. The largest absolute Gasteiger partial charge is 0.366 e. The normalized spacial score (nSPS) is 19.2. The summed E-state index contributed by atoms with van der Waals surface area (Å²) in [6, 6.07) is 11.2. The molecule has 154 valence electrons. The van der Waals surface area contributed by atoms with Crippen molar-refractivity contribution in [1.82, 2.24) is 5.32 Å². The fourth-order valence-corrected chi connectivity index (χ4v) is 5.59. The molecule has 1 saturated heterocycles. The third-order valence-electron chi connectivity index (χ3n) is 6.30. The molecule has 0 spiro atoms. The summed E-state index contributed by atoms with van der Waals surface area (Å²) in [4.78, 5) is 27.3. The Bertz CT molecular complexity index is 841. The van der Waals surface area contributed by atoms with Gasteiger partial charge >= 0.3 is 0 Å². The first-order valence-corrected chi connectivity index (χ1v) is 11.3. The average molecular weight is 414 g/mol. The van der Waals surface area contributed by atoms with E-state index in [1.54, 1.807) is 29.5 Å². The molecule has 1 N–H and O–H groups in total. The van der Waals surface area contributed by atoms with Crippen LogP contribution in [0.3, 0.4) is 0 Å². The Morgan fingerprint density at radius 2 is 1.83 bits per heavy atom. The lowest BCUT2D eigenvalue weighted by Crippen LogP contribution is -2.42. The monoisotopic (exact) mass is 413 g/mol. The Hall–Kier alpha value is -2.41. The molecule has 2 fully saturated rings. The summed E-state index contributed by atoms with van der Waals surface area (Å²) in [6.07, 6.45) is 6.30. The van der Waals surface area contributed by atoms with Gasteiger partial charge in [-0.25, -0.2) is 0 Å². The molecule has 1 aliphatic carbocycles. The highest BCUT2D eigenvalue weighted by Gasteiger charge is 2.32. The summed E-state index contributed by atoms with van der Waals surface area (Å²) in [7, 11) is 0. The number of thiophene rings is 1. The van der Waals surface area contributed by atoms with Gasteiger partial charge in [-0.2, -0.15) is 0 Å². The SMILES string of the molecule is O=C(NC(c1cccs1)C1CCCC1)C1CCN(c2ccccc2[N+](=O)[O-])CC1. The number of anilines is 1. The molecule has 7 heteroatoms. The van der Waals surface area contributed by atoms with Crippen LogP contribution in [0.25, 0.3) is 0 Å². The third-order valence-corrected chi connectivity index (χ3v) is 7.26. The molecule has 4 rings (SSSR count). The van der Waals surface area contributed by atoms with Crippen molar-refractivity contribution in [2.75, 3.05) is 18.0 Å². The predicted octanol–water partition coefficient (Wildman–Crippen LogP) is 4.92. The maximum atomic E-state index is 13.0. The second-order valence-electron chi connectivity index (χ2n) is 8.05. The molecule has 1 saturated carbocycles. The number of carbonyl (C=O) groups excluding carboxylic acids is 1. The van der Waals surface area contributed by atoms with Crippen LogP contribution in [0.4, 0.5) is 11.4 Å². The molecule has 1 atom stereocenters. The molecule has 1 aromatic carbocycles. The Labute approximate surface area is 175 Å². The summed E-state index contributed by atoms with van der Waals surface area (Å²) in [5, 5.41) is 16.8. The number of nitro benzene ring substituents is 1. The van der Waals surface area contributed by atoms with Gasteiger partial charge in [0.15, 0.2) is 0 Å². The van der Waals surface area contributed by atoms with Gasteiger partial charge in [0.2, 0.25) is 5.91 Å². The number of para-hydroxylation sites is 2. The first kappa shape index (κ1) is 19.9. The van der Waals surface area contributed by atoms with Gasteiger partial charge in [-0.15, -0.1) is 11.3 Å². The van der Waals surface area contributed by atoms with Crippen LogP contribution >= 0.6 is 11.3 Å². The van der Waals surface area contributed by atoms with Crippen molar-refractivity contribution in [3.8, 4) is 0 Å². The highest BCUT2D eigenvalue weighted by atomic mass is 32.1. The molecule has 2 aromatic rings. The number of piperidine rings is 1. The maximum absolute atomic E-state index is 13.0. The zero-order valence-corrected chi connectivity index (χ0v) is 17.3. The minimum atomic E-state index is -0.332. The van der Waals surface area contributed by atoms with Crippen LogP contribution in [0.1, 0.15) is 49.4 Å². The number of nitro groups is 1. The first-order valence-electron chi connectivity index (χ1n) is 10.5. The molecule has 0 radical (unpaired) electrons. The standard InChI is InChI=1S/C22H27N3O3S/c26-22(23-21(16-6-1-2-7-16)20-10-5-15-29-20)17-11-13-24(14-12-17)18-8-3-4-9-19(18)25(27)28/h3-5,8-10,15-17,21H,1-2,6-7,11-14H2,(H,23,26). The van der Waals surface area contributed by atoms with Crippen LogP contribution in [0.15, 0.2) is 41.8 Å². The Morgan fingerprint density at radius 1 is 1.10 bits per heavy atom. The zero-order valence-electron chi connectivity index (χ0n) is 16.5. The lowest BCUT2D eigenvalue weighted by atomic mass is 9.92. The van der Waals surface area contributed by atoms with Crippen molar-refractivity contribution in [2.45, 2.75) is 44.6 Å². The second kappa shape index (κ2) is 8.95. The number of benzene rings is 1. The molecular weight excluding hydrogens is 386 g/mol. The fourth-order valence-electron chi connectivity index (χ4n) is 4.72. The predicted molar refractivity (Wildman–Crippen MR) is 115 cm³/mol. The fraction of sp³-hybridized carbons (Fsp3) is 0.500. The van der Waals surface area contributed by atoms with E-state index in [-0.39, 0.29) is 28.5 Å². The first-order chi connectivity index (χ1) is 14.1. The van der Waals surface area contributed by atoms with E-state index in [1.807, 2.05) is 11.0 Å². The zero-order chi connectivity index (χ0) is 20.2. The van der Waals surface area contributed by atoms with Crippen molar-refractivity contribution in [1.29, 1.82) is 0 Å². The molecule has 29 heavy (non-hydrogen) atoms. The summed E-state index contributed by atoms with van der Waals surface area (Å²) < 4.78 is 0. The van der Waals surface area contributed by atoms with E-state index in [0.29, 0.717) is 24.7 Å². The maximum Gasteiger partial charge on any atom is 0.292 e. The highest BCUT2D eigenvalue weighted by molar-refractivity contribution is 7.10. The van der Waals surface area contributed by atoms with E-state index < -0.39 is 0 Å². The number of carbonyl (C=O) groups is 1. The van der Waals surface area contributed by atoms with E-state index >= 15 is 0 Å². The number of hydrogen-bond donors (Lipinski definition) is 1. The summed E-state index contributed by atoms with van der Waals surface area (Å²) in [5.41, 5.74) is 0.785. The highest BCUT2D eigenvalue weighted by Crippen LogP contribution is 2.38. The lowest BCUT2D eigenvalue weighted by Gasteiger charge is -2.34. The van der Waals surface area contributed by atoms with Crippen molar-refractivity contribution in [3.63, 3.8) is 0 Å².